The van der Waals surface area contributed by atoms with E-state index in [1.165, 1.54) is 0 Å². The Morgan fingerprint density at radius 1 is 1.31 bits per heavy atom. The number of pyridine rings is 1. The number of nitrogens with zero attached hydrogens (tertiary/aromatic N) is 4. The Kier molecular flexibility index (Phi) is 8.52. The van der Waals surface area contributed by atoms with Crippen molar-refractivity contribution in [2.24, 2.45) is 5.92 Å². The standard InChI is InChI=1S/C28H37ClN4O3/c1-5-6-15-36-28(35)33-14-13-32(18-19(33)2)27(34)21-8-10-23-25(17-21)30-24-16-20(11-12-31(3)4)7-9-22(24)26(23)29/h5,8,10,17,19-20H,1,6-7,9,11-16,18H2,2-4H3/t19-,20?/m1/s1. The molecule has 2 amide bonds. The number of hydrogen-bond acceptors (Lipinski definition) is 5. The van der Waals surface area contributed by atoms with E-state index in [4.69, 9.17) is 21.3 Å². The van der Waals surface area contributed by atoms with Crippen molar-refractivity contribution >= 4 is 34.5 Å². The van der Waals surface area contributed by atoms with Gasteiger partial charge in [-0.15, -0.1) is 6.58 Å². The average molecular weight is 513 g/mol. The van der Waals surface area contributed by atoms with Gasteiger partial charge in [0.15, 0.2) is 0 Å². The van der Waals surface area contributed by atoms with E-state index in [0.717, 1.165) is 59.4 Å². The maximum absolute atomic E-state index is 13.4. The van der Waals surface area contributed by atoms with Crippen LogP contribution in [0.2, 0.25) is 5.02 Å². The summed E-state index contributed by atoms with van der Waals surface area (Å²) in [6, 6.07) is 5.51. The molecular formula is C28H37ClN4O3. The summed E-state index contributed by atoms with van der Waals surface area (Å²) in [5.41, 5.74) is 3.61. The Morgan fingerprint density at radius 3 is 2.83 bits per heavy atom. The van der Waals surface area contributed by atoms with Crippen LogP contribution in [-0.4, -0.2) is 84.6 Å². The van der Waals surface area contributed by atoms with E-state index >= 15 is 0 Å². The van der Waals surface area contributed by atoms with Crippen LogP contribution in [0.3, 0.4) is 0 Å². The highest BCUT2D eigenvalue weighted by atomic mass is 35.5. The van der Waals surface area contributed by atoms with E-state index < -0.39 is 0 Å². The third-order valence-electron chi connectivity index (χ3n) is 7.32. The highest BCUT2D eigenvalue weighted by molar-refractivity contribution is 6.36. The molecule has 0 N–H and O–H groups in total. The summed E-state index contributed by atoms with van der Waals surface area (Å²) in [5, 5.41) is 1.68. The Hall–Kier alpha value is -2.64. The predicted octanol–water partition coefficient (Wildman–Crippen LogP) is 4.80. The number of carbonyl (C=O) groups is 2. The zero-order valence-electron chi connectivity index (χ0n) is 21.6. The number of hydrogen-bond donors (Lipinski definition) is 0. The Balaban J connectivity index is 1.47. The molecule has 0 radical (unpaired) electrons. The fraction of sp³-hybridized carbons (Fsp3) is 0.536. The first-order valence-corrected chi connectivity index (χ1v) is 13.3. The number of benzene rings is 1. The topological polar surface area (TPSA) is 66.0 Å². The fourth-order valence-electron chi connectivity index (χ4n) is 5.19. The van der Waals surface area contributed by atoms with Crippen molar-refractivity contribution in [1.29, 1.82) is 0 Å². The molecule has 2 atom stereocenters. The SMILES string of the molecule is C=CCCOC(=O)N1CCN(C(=O)c2ccc3c(Cl)c4c(nc3c2)CC(CCN(C)C)CC4)C[C@H]1C. The lowest BCUT2D eigenvalue weighted by Crippen LogP contribution is -2.55. The summed E-state index contributed by atoms with van der Waals surface area (Å²) in [6.45, 7) is 8.33. The molecule has 194 valence electrons. The minimum atomic E-state index is -0.338. The zero-order valence-corrected chi connectivity index (χ0v) is 22.4. The molecular weight excluding hydrogens is 476 g/mol. The lowest BCUT2D eigenvalue weighted by atomic mass is 9.84. The van der Waals surface area contributed by atoms with Gasteiger partial charge in [-0.1, -0.05) is 23.7 Å². The second-order valence-electron chi connectivity index (χ2n) is 10.3. The maximum Gasteiger partial charge on any atom is 0.410 e. The fourth-order valence-corrected chi connectivity index (χ4v) is 5.55. The van der Waals surface area contributed by atoms with Crippen LogP contribution in [0.1, 0.15) is 47.8 Å². The van der Waals surface area contributed by atoms with Crippen molar-refractivity contribution in [2.75, 3.05) is 46.9 Å². The molecule has 1 saturated heterocycles. The highest BCUT2D eigenvalue weighted by Crippen LogP contribution is 2.36. The quantitative estimate of drug-likeness (QED) is 0.393. The van der Waals surface area contributed by atoms with Crippen LogP contribution in [-0.2, 0) is 17.6 Å². The minimum Gasteiger partial charge on any atom is -0.449 e. The van der Waals surface area contributed by atoms with Crippen molar-refractivity contribution in [1.82, 2.24) is 19.7 Å². The van der Waals surface area contributed by atoms with E-state index in [-0.39, 0.29) is 18.0 Å². The van der Waals surface area contributed by atoms with Crippen LogP contribution in [0.5, 0.6) is 0 Å². The normalized spacial score (nSPS) is 19.9. The Labute approximate surface area is 219 Å². The Bertz CT molecular complexity index is 1140. The molecule has 1 unspecified atom stereocenters. The van der Waals surface area contributed by atoms with Gasteiger partial charge in [-0.3, -0.25) is 9.78 Å². The van der Waals surface area contributed by atoms with Crippen molar-refractivity contribution in [3.05, 3.63) is 52.7 Å². The molecule has 0 bridgehead atoms. The van der Waals surface area contributed by atoms with Crippen LogP contribution in [0, 0.1) is 5.92 Å². The van der Waals surface area contributed by atoms with Crippen molar-refractivity contribution in [3.8, 4) is 0 Å². The van der Waals surface area contributed by atoms with Crippen molar-refractivity contribution in [2.45, 2.75) is 45.1 Å². The van der Waals surface area contributed by atoms with Crippen LogP contribution in [0.15, 0.2) is 30.9 Å². The van der Waals surface area contributed by atoms with Crippen LogP contribution in [0.4, 0.5) is 4.79 Å². The molecule has 1 fully saturated rings. The largest absolute Gasteiger partial charge is 0.449 e. The molecule has 4 rings (SSSR count). The summed E-state index contributed by atoms with van der Waals surface area (Å²) < 4.78 is 5.30. The molecule has 1 aromatic carbocycles. The molecule has 2 heterocycles. The number of piperazine rings is 1. The minimum absolute atomic E-state index is 0.0528. The summed E-state index contributed by atoms with van der Waals surface area (Å²) in [6.07, 6.45) is 6.17. The Morgan fingerprint density at radius 2 is 2.11 bits per heavy atom. The van der Waals surface area contributed by atoms with Gasteiger partial charge in [0.2, 0.25) is 0 Å². The first kappa shape index (κ1) is 26.4. The van der Waals surface area contributed by atoms with Gasteiger partial charge >= 0.3 is 6.09 Å². The molecule has 2 aliphatic rings. The predicted molar refractivity (Wildman–Crippen MR) is 144 cm³/mol. The van der Waals surface area contributed by atoms with Gasteiger partial charge in [-0.2, -0.15) is 0 Å². The maximum atomic E-state index is 13.4. The molecule has 1 aliphatic heterocycles. The average Bonchev–Trinajstić information content (AvgIpc) is 2.86. The van der Waals surface area contributed by atoms with Gasteiger partial charge in [-0.05, 0) is 83.3 Å². The molecule has 1 aromatic heterocycles. The van der Waals surface area contributed by atoms with E-state index in [0.29, 0.717) is 44.1 Å². The zero-order chi connectivity index (χ0) is 25.8. The molecule has 36 heavy (non-hydrogen) atoms. The molecule has 1 aliphatic carbocycles. The third kappa shape index (κ3) is 5.84. The van der Waals surface area contributed by atoms with Gasteiger partial charge in [0.25, 0.3) is 5.91 Å². The molecule has 0 spiro atoms. The van der Waals surface area contributed by atoms with E-state index in [2.05, 4.69) is 25.6 Å². The number of ether oxygens (including phenoxy) is 1. The van der Waals surface area contributed by atoms with Gasteiger partial charge in [0.1, 0.15) is 0 Å². The van der Waals surface area contributed by atoms with E-state index in [1.54, 1.807) is 15.9 Å². The second-order valence-corrected chi connectivity index (χ2v) is 10.6. The first-order chi connectivity index (χ1) is 17.3. The van der Waals surface area contributed by atoms with E-state index in [1.807, 2.05) is 25.1 Å². The van der Waals surface area contributed by atoms with Crippen LogP contribution in [0.25, 0.3) is 10.9 Å². The molecule has 2 aromatic rings. The van der Waals surface area contributed by atoms with Crippen LogP contribution >= 0.6 is 11.6 Å². The number of aromatic nitrogens is 1. The molecule has 0 saturated carbocycles. The number of carbonyl (C=O) groups excluding carboxylic acids is 2. The lowest BCUT2D eigenvalue weighted by Gasteiger charge is -2.39. The molecule has 8 heteroatoms. The monoisotopic (exact) mass is 512 g/mol. The summed E-state index contributed by atoms with van der Waals surface area (Å²) >= 11 is 6.83. The molecule has 7 nitrogen and oxygen atoms in total. The van der Waals surface area contributed by atoms with E-state index in [9.17, 15) is 9.59 Å². The van der Waals surface area contributed by atoms with Crippen molar-refractivity contribution in [3.63, 3.8) is 0 Å². The smallest absolute Gasteiger partial charge is 0.410 e. The van der Waals surface area contributed by atoms with Gasteiger partial charge < -0.3 is 19.4 Å². The number of rotatable bonds is 7. The van der Waals surface area contributed by atoms with Gasteiger partial charge in [0.05, 0.1) is 17.1 Å². The highest BCUT2D eigenvalue weighted by Gasteiger charge is 2.31. The van der Waals surface area contributed by atoms with Gasteiger partial charge in [0, 0.05) is 42.3 Å². The van der Waals surface area contributed by atoms with Crippen LogP contribution < -0.4 is 0 Å². The number of halogens is 1. The number of amides is 2. The number of fused-ring (bicyclic) bond motifs is 2. The second kappa shape index (κ2) is 11.6. The summed E-state index contributed by atoms with van der Waals surface area (Å²) in [5.74, 6) is 0.551. The summed E-state index contributed by atoms with van der Waals surface area (Å²) in [4.78, 5) is 36.4. The van der Waals surface area contributed by atoms with Gasteiger partial charge in [-0.25, -0.2) is 4.79 Å². The summed E-state index contributed by atoms with van der Waals surface area (Å²) in [7, 11) is 4.21. The van der Waals surface area contributed by atoms with Crippen molar-refractivity contribution < 1.29 is 14.3 Å². The third-order valence-corrected chi connectivity index (χ3v) is 7.75. The lowest BCUT2D eigenvalue weighted by molar-refractivity contribution is 0.0416. The first-order valence-electron chi connectivity index (χ1n) is 12.9.